The maximum absolute atomic E-state index is 12.8. The first kappa shape index (κ1) is 15.6. The Morgan fingerprint density at radius 1 is 1.38 bits per heavy atom. The van der Waals surface area contributed by atoms with Gasteiger partial charge in [0.25, 0.3) is 0 Å². The van der Waals surface area contributed by atoms with E-state index in [9.17, 15) is 4.39 Å². The van der Waals surface area contributed by atoms with Gasteiger partial charge in [-0.2, -0.15) is 0 Å². The topological polar surface area (TPSA) is 50.8 Å². The molecule has 2 rings (SSSR count). The highest BCUT2D eigenvalue weighted by molar-refractivity contribution is 5.78. The quantitative estimate of drug-likeness (QED) is 0.686. The lowest BCUT2D eigenvalue weighted by atomic mass is 10.00. The Morgan fingerprint density at radius 3 is 2.62 bits per heavy atom. The van der Waals surface area contributed by atoms with Crippen LogP contribution in [0.2, 0.25) is 0 Å². The van der Waals surface area contributed by atoms with Crippen LogP contribution in [0.5, 0.6) is 5.75 Å². The van der Waals surface area contributed by atoms with Crippen molar-refractivity contribution in [1.29, 1.82) is 0 Å². The SMILES string of the molecule is CC1CCN(C(N)=NCC(C)Oc2ccc(F)cc2)CC1. The average Bonchev–Trinajstić information content (AvgIpc) is 2.48. The summed E-state index contributed by atoms with van der Waals surface area (Å²) in [6.07, 6.45) is 2.23. The van der Waals surface area contributed by atoms with Crippen LogP contribution in [0.3, 0.4) is 0 Å². The minimum Gasteiger partial charge on any atom is -0.489 e. The number of piperidine rings is 1. The van der Waals surface area contributed by atoms with Gasteiger partial charge in [0.15, 0.2) is 5.96 Å². The van der Waals surface area contributed by atoms with Gasteiger partial charge >= 0.3 is 0 Å². The predicted molar refractivity (Wildman–Crippen MR) is 83.0 cm³/mol. The molecule has 0 spiro atoms. The number of rotatable bonds is 4. The summed E-state index contributed by atoms with van der Waals surface area (Å²) in [4.78, 5) is 6.54. The molecule has 1 aromatic rings. The number of guanidine groups is 1. The summed E-state index contributed by atoms with van der Waals surface area (Å²) in [5.41, 5.74) is 6.03. The van der Waals surface area contributed by atoms with Crippen LogP contribution in [0.15, 0.2) is 29.3 Å². The molecule has 5 heteroatoms. The van der Waals surface area contributed by atoms with E-state index in [1.807, 2.05) is 6.92 Å². The average molecular weight is 293 g/mol. The van der Waals surface area contributed by atoms with Crippen LogP contribution in [0, 0.1) is 11.7 Å². The van der Waals surface area contributed by atoms with E-state index in [0.29, 0.717) is 18.3 Å². The van der Waals surface area contributed by atoms with Crippen molar-refractivity contribution in [2.24, 2.45) is 16.6 Å². The Balaban J connectivity index is 1.80. The van der Waals surface area contributed by atoms with E-state index in [4.69, 9.17) is 10.5 Å². The monoisotopic (exact) mass is 293 g/mol. The second kappa shape index (κ2) is 7.29. The Labute approximate surface area is 125 Å². The molecule has 0 amide bonds. The molecule has 0 saturated carbocycles. The first-order valence-corrected chi connectivity index (χ1v) is 7.51. The number of hydrogen-bond acceptors (Lipinski definition) is 2. The van der Waals surface area contributed by atoms with Crippen molar-refractivity contribution in [3.63, 3.8) is 0 Å². The van der Waals surface area contributed by atoms with Gasteiger partial charge in [-0.1, -0.05) is 6.92 Å². The van der Waals surface area contributed by atoms with E-state index in [2.05, 4.69) is 16.8 Å². The number of nitrogens with zero attached hydrogens (tertiary/aromatic N) is 2. The molecule has 1 atom stereocenters. The van der Waals surface area contributed by atoms with Gasteiger partial charge in [-0.05, 0) is 49.9 Å². The molecule has 1 saturated heterocycles. The second-order valence-electron chi connectivity index (χ2n) is 5.75. The fraction of sp³-hybridized carbons (Fsp3) is 0.562. The molecule has 1 fully saturated rings. The van der Waals surface area contributed by atoms with Gasteiger partial charge in [-0.25, -0.2) is 9.38 Å². The number of aliphatic imine (C=N–C) groups is 1. The molecule has 4 nitrogen and oxygen atoms in total. The Bertz CT molecular complexity index is 467. The summed E-state index contributed by atoms with van der Waals surface area (Å²) in [5, 5.41) is 0. The predicted octanol–water partition coefficient (Wildman–Crippen LogP) is 2.64. The first-order chi connectivity index (χ1) is 10.0. The Hall–Kier alpha value is -1.78. The van der Waals surface area contributed by atoms with Crippen LogP contribution >= 0.6 is 0 Å². The first-order valence-electron chi connectivity index (χ1n) is 7.51. The third kappa shape index (κ3) is 4.92. The summed E-state index contributed by atoms with van der Waals surface area (Å²) in [6, 6.07) is 6.00. The number of halogens is 1. The molecule has 0 aliphatic carbocycles. The van der Waals surface area contributed by atoms with E-state index in [1.54, 1.807) is 12.1 Å². The van der Waals surface area contributed by atoms with E-state index in [-0.39, 0.29) is 11.9 Å². The minimum absolute atomic E-state index is 0.0993. The minimum atomic E-state index is -0.267. The standard InChI is InChI=1S/C16H24FN3O/c1-12-7-9-20(10-8-12)16(18)19-11-13(2)21-15-5-3-14(17)4-6-15/h3-6,12-13H,7-11H2,1-2H3,(H2,18,19). The van der Waals surface area contributed by atoms with Gasteiger partial charge in [0.1, 0.15) is 17.7 Å². The van der Waals surface area contributed by atoms with Crippen molar-refractivity contribution in [3.8, 4) is 5.75 Å². The summed E-state index contributed by atoms with van der Waals surface area (Å²) >= 11 is 0. The van der Waals surface area contributed by atoms with E-state index < -0.39 is 0 Å². The molecule has 116 valence electrons. The van der Waals surface area contributed by atoms with Crippen LogP contribution in [-0.2, 0) is 0 Å². The molecule has 1 aromatic carbocycles. The highest BCUT2D eigenvalue weighted by atomic mass is 19.1. The smallest absolute Gasteiger partial charge is 0.191 e. The molecule has 1 heterocycles. The fourth-order valence-corrected chi connectivity index (χ4v) is 2.34. The lowest BCUT2D eigenvalue weighted by Gasteiger charge is -2.31. The number of nitrogens with two attached hydrogens (primary N) is 1. The van der Waals surface area contributed by atoms with Crippen LogP contribution in [0.1, 0.15) is 26.7 Å². The number of likely N-dealkylation sites (tertiary alicyclic amines) is 1. The molecule has 1 aliphatic rings. The molecule has 0 bridgehead atoms. The molecular weight excluding hydrogens is 269 g/mol. The molecule has 21 heavy (non-hydrogen) atoms. The van der Waals surface area contributed by atoms with E-state index in [1.165, 1.54) is 12.1 Å². The van der Waals surface area contributed by atoms with Crippen LogP contribution in [-0.4, -0.2) is 36.6 Å². The summed E-state index contributed by atoms with van der Waals surface area (Å²) in [6.45, 7) is 6.64. The number of hydrogen-bond donors (Lipinski definition) is 1. The lowest BCUT2D eigenvalue weighted by molar-refractivity contribution is 0.228. The lowest BCUT2D eigenvalue weighted by Crippen LogP contribution is -2.43. The van der Waals surface area contributed by atoms with Crippen molar-refractivity contribution in [1.82, 2.24) is 4.90 Å². The highest BCUT2D eigenvalue weighted by Gasteiger charge is 2.17. The Kier molecular flexibility index (Phi) is 5.42. The molecule has 1 unspecified atom stereocenters. The zero-order valence-corrected chi connectivity index (χ0v) is 12.8. The van der Waals surface area contributed by atoms with Crippen molar-refractivity contribution in [2.75, 3.05) is 19.6 Å². The highest BCUT2D eigenvalue weighted by Crippen LogP contribution is 2.16. The molecule has 1 aliphatic heterocycles. The third-order valence-electron chi connectivity index (χ3n) is 3.77. The zero-order valence-electron chi connectivity index (χ0n) is 12.8. The van der Waals surface area contributed by atoms with Gasteiger partial charge in [0.2, 0.25) is 0 Å². The van der Waals surface area contributed by atoms with E-state index >= 15 is 0 Å². The molecular formula is C16H24FN3O. The van der Waals surface area contributed by atoms with Crippen molar-refractivity contribution >= 4 is 5.96 Å². The molecule has 0 aromatic heterocycles. The second-order valence-corrected chi connectivity index (χ2v) is 5.75. The molecule has 0 radical (unpaired) electrons. The largest absolute Gasteiger partial charge is 0.489 e. The van der Waals surface area contributed by atoms with Gasteiger partial charge in [-0.15, -0.1) is 0 Å². The van der Waals surface area contributed by atoms with Gasteiger partial charge < -0.3 is 15.4 Å². The normalized spacial score (nSPS) is 18.6. The van der Waals surface area contributed by atoms with Crippen molar-refractivity contribution in [2.45, 2.75) is 32.8 Å². The summed E-state index contributed by atoms with van der Waals surface area (Å²) < 4.78 is 18.5. The fourth-order valence-electron chi connectivity index (χ4n) is 2.34. The van der Waals surface area contributed by atoms with E-state index in [0.717, 1.165) is 31.8 Å². The maximum Gasteiger partial charge on any atom is 0.191 e. The number of benzene rings is 1. The summed E-state index contributed by atoms with van der Waals surface area (Å²) in [5.74, 6) is 1.74. The van der Waals surface area contributed by atoms with Gasteiger partial charge in [0, 0.05) is 13.1 Å². The van der Waals surface area contributed by atoms with Gasteiger partial charge in [-0.3, -0.25) is 0 Å². The maximum atomic E-state index is 12.8. The summed E-state index contributed by atoms with van der Waals surface area (Å²) in [7, 11) is 0. The number of ether oxygens (including phenoxy) is 1. The molecule has 2 N–H and O–H groups in total. The van der Waals surface area contributed by atoms with Gasteiger partial charge in [0.05, 0.1) is 6.54 Å². The van der Waals surface area contributed by atoms with Crippen LogP contribution in [0.25, 0.3) is 0 Å². The van der Waals surface area contributed by atoms with Crippen LogP contribution in [0.4, 0.5) is 4.39 Å². The zero-order chi connectivity index (χ0) is 15.2. The van der Waals surface area contributed by atoms with Crippen molar-refractivity contribution < 1.29 is 9.13 Å². The van der Waals surface area contributed by atoms with Crippen LogP contribution < -0.4 is 10.5 Å². The Morgan fingerprint density at radius 2 is 2.00 bits per heavy atom. The third-order valence-corrected chi connectivity index (χ3v) is 3.77. The van der Waals surface area contributed by atoms with Crippen molar-refractivity contribution in [3.05, 3.63) is 30.1 Å².